The standard InChI is InChI=1S/C13H11Br2N3OS/c1-19-11-6-10(8(14)5-9(11)15)18-12-4-7(13(16)20)2-3-17-12/h2-6H,1H3,(H2,16,20)(H,17,18). The molecular formula is C13H11Br2N3OS. The van der Waals surface area contributed by atoms with Crippen molar-refractivity contribution in [3.63, 3.8) is 0 Å². The van der Waals surface area contributed by atoms with E-state index in [0.29, 0.717) is 10.8 Å². The summed E-state index contributed by atoms with van der Waals surface area (Å²) in [6, 6.07) is 7.33. The third-order valence-corrected chi connectivity index (χ3v) is 4.06. The molecule has 0 aliphatic rings. The van der Waals surface area contributed by atoms with Crippen LogP contribution in [0.3, 0.4) is 0 Å². The van der Waals surface area contributed by atoms with E-state index in [1.54, 1.807) is 25.4 Å². The number of hydrogen-bond donors (Lipinski definition) is 2. The second-order valence-corrected chi connectivity index (χ2v) is 6.03. The Labute approximate surface area is 139 Å². The molecule has 0 radical (unpaired) electrons. The van der Waals surface area contributed by atoms with E-state index in [1.807, 2.05) is 12.1 Å². The maximum atomic E-state index is 5.61. The first-order chi connectivity index (χ1) is 9.51. The monoisotopic (exact) mass is 415 g/mol. The molecule has 0 aliphatic heterocycles. The summed E-state index contributed by atoms with van der Waals surface area (Å²) in [6.45, 7) is 0. The van der Waals surface area contributed by atoms with Crippen LogP contribution in [0.2, 0.25) is 0 Å². The first-order valence-electron chi connectivity index (χ1n) is 5.57. The van der Waals surface area contributed by atoms with Crippen molar-refractivity contribution in [1.82, 2.24) is 4.98 Å². The van der Waals surface area contributed by atoms with Gasteiger partial charge in [0.05, 0.1) is 17.3 Å². The summed E-state index contributed by atoms with van der Waals surface area (Å²) in [6.07, 6.45) is 1.65. The largest absolute Gasteiger partial charge is 0.495 e. The van der Waals surface area contributed by atoms with Crippen molar-refractivity contribution < 1.29 is 4.74 Å². The number of thiocarbonyl (C=S) groups is 1. The number of halogens is 2. The average Bonchev–Trinajstić information content (AvgIpc) is 2.42. The molecule has 0 saturated heterocycles. The van der Waals surface area contributed by atoms with Crippen molar-refractivity contribution in [2.75, 3.05) is 12.4 Å². The van der Waals surface area contributed by atoms with Crippen molar-refractivity contribution in [2.45, 2.75) is 0 Å². The molecular weight excluding hydrogens is 406 g/mol. The lowest BCUT2D eigenvalue weighted by atomic mass is 10.2. The average molecular weight is 417 g/mol. The van der Waals surface area contributed by atoms with Crippen molar-refractivity contribution in [1.29, 1.82) is 0 Å². The number of rotatable bonds is 4. The van der Waals surface area contributed by atoms with Gasteiger partial charge in [-0.1, -0.05) is 12.2 Å². The molecule has 0 spiro atoms. The van der Waals surface area contributed by atoms with Crippen LogP contribution in [0.15, 0.2) is 39.4 Å². The molecule has 20 heavy (non-hydrogen) atoms. The highest BCUT2D eigenvalue weighted by molar-refractivity contribution is 9.11. The van der Waals surface area contributed by atoms with Gasteiger partial charge in [0.25, 0.3) is 0 Å². The third-order valence-electron chi connectivity index (χ3n) is 2.55. The van der Waals surface area contributed by atoms with Gasteiger partial charge in [-0.3, -0.25) is 0 Å². The van der Waals surface area contributed by atoms with Crippen LogP contribution in [0.5, 0.6) is 5.75 Å². The van der Waals surface area contributed by atoms with E-state index in [-0.39, 0.29) is 0 Å². The van der Waals surface area contributed by atoms with Gasteiger partial charge in [0.2, 0.25) is 0 Å². The molecule has 1 aromatic carbocycles. The Hall–Kier alpha value is -1.18. The van der Waals surface area contributed by atoms with Crippen molar-refractivity contribution in [2.24, 2.45) is 5.73 Å². The Morgan fingerprint density at radius 2 is 2.05 bits per heavy atom. The van der Waals surface area contributed by atoms with Crippen molar-refractivity contribution in [3.8, 4) is 5.75 Å². The minimum atomic E-state index is 0.336. The van der Waals surface area contributed by atoms with Crippen LogP contribution in [0.4, 0.5) is 11.5 Å². The summed E-state index contributed by atoms with van der Waals surface area (Å²) in [4.78, 5) is 4.57. The zero-order valence-corrected chi connectivity index (χ0v) is 14.5. The van der Waals surface area contributed by atoms with Crippen LogP contribution in [0.1, 0.15) is 5.56 Å². The summed E-state index contributed by atoms with van der Waals surface area (Å²) in [5, 5.41) is 3.20. The van der Waals surface area contributed by atoms with Crippen LogP contribution in [-0.4, -0.2) is 17.1 Å². The lowest BCUT2D eigenvalue weighted by Crippen LogP contribution is -2.09. The zero-order chi connectivity index (χ0) is 14.7. The topological polar surface area (TPSA) is 60.2 Å². The fraction of sp³-hybridized carbons (Fsp3) is 0.0769. The Morgan fingerprint density at radius 3 is 2.70 bits per heavy atom. The highest BCUT2D eigenvalue weighted by Gasteiger charge is 2.08. The number of ether oxygens (including phenoxy) is 1. The molecule has 0 amide bonds. The molecule has 4 nitrogen and oxygen atoms in total. The maximum Gasteiger partial charge on any atom is 0.135 e. The molecule has 0 fully saturated rings. The lowest BCUT2D eigenvalue weighted by molar-refractivity contribution is 0.412. The normalized spacial score (nSPS) is 10.2. The summed E-state index contributed by atoms with van der Waals surface area (Å²) >= 11 is 11.9. The number of methoxy groups -OCH3 is 1. The van der Waals surface area contributed by atoms with Gasteiger partial charge in [0.15, 0.2) is 0 Å². The molecule has 1 heterocycles. The molecule has 2 rings (SSSR count). The Bertz CT molecular complexity index is 664. The SMILES string of the molecule is COc1cc(Nc2cc(C(N)=S)ccn2)c(Br)cc1Br. The fourth-order valence-corrected chi connectivity index (χ4v) is 2.95. The number of hydrogen-bond acceptors (Lipinski definition) is 4. The third kappa shape index (κ3) is 3.47. The summed E-state index contributed by atoms with van der Waals surface area (Å²) in [5.41, 5.74) is 7.20. The van der Waals surface area contributed by atoms with Gasteiger partial charge in [-0.2, -0.15) is 0 Å². The number of anilines is 2. The van der Waals surface area contributed by atoms with Crippen LogP contribution in [0.25, 0.3) is 0 Å². The smallest absolute Gasteiger partial charge is 0.135 e. The van der Waals surface area contributed by atoms with Gasteiger partial charge in [-0.15, -0.1) is 0 Å². The van der Waals surface area contributed by atoms with Gasteiger partial charge < -0.3 is 15.8 Å². The van der Waals surface area contributed by atoms with E-state index in [1.165, 1.54) is 0 Å². The number of pyridine rings is 1. The van der Waals surface area contributed by atoms with Crippen molar-refractivity contribution >= 4 is 60.6 Å². The summed E-state index contributed by atoms with van der Waals surface area (Å²) in [7, 11) is 1.61. The molecule has 104 valence electrons. The zero-order valence-electron chi connectivity index (χ0n) is 10.5. The Balaban J connectivity index is 2.34. The van der Waals surface area contributed by atoms with Gasteiger partial charge in [-0.05, 0) is 50.1 Å². The Morgan fingerprint density at radius 1 is 1.30 bits per heavy atom. The number of nitrogens with zero attached hydrogens (tertiary/aromatic N) is 1. The molecule has 0 aliphatic carbocycles. The second-order valence-electron chi connectivity index (χ2n) is 3.89. The van der Waals surface area contributed by atoms with Crippen LogP contribution >= 0.6 is 44.1 Å². The number of nitrogens with one attached hydrogen (secondary N) is 1. The molecule has 3 N–H and O–H groups in total. The van der Waals surface area contributed by atoms with Crippen LogP contribution < -0.4 is 15.8 Å². The molecule has 0 saturated carbocycles. The van der Waals surface area contributed by atoms with Gasteiger partial charge in [0, 0.05) is 22.3 Å². The van der Waals surface area contributed by atoms with Crippen molar-refractivity contribution in [3.05, 3.63) is 45.0 Å². The predicted octanol–water partition coefficient (Wildman–Crippen LogP) is 3.99. The van der Waals surface area contributed by atoms with E-state index in [0.717, 1.165) is 25.9 Å². The number of benzene rings is 1. The number of nitrogens with two attached hydrogens (primary N) is 1. The molecule has 0 atom stereocenters. The van der Waals surface area contributed by atoms with Crippen LogP contribution in [0, 0.1) is 0 Å². The quantitative estimate of drug-likeness (QED) is 0.737. The molecule has 0 bridgehead atoms. The molecule has 0 unspecified atom stereocenters. The highest BCUT2D eigenvalue weighted by atomic mass is 79.9. The van der Waals surface area contributed by atoms with Gasteiger partial charge >= 0.3 is 0 Å². The molecule has 1 aromatic heterocycles. The van der Waals surface area contributed by atoms with E-state index in [2.05, 4.69) is 42.2 Å². The minimum absolute atomic E-state index is 0.336. The molecule has 2 aromatic rings. The van der Waals surface area contributed by atoms with E-state index in [4.69, 9.17) is 22.7 Å². The first-order valence-corrected chi connectivity index (χ1v) is 7.56. The second kappa shape index (κ2) is 6.51. The minimum Gasteiger partial charge on any atom is -0.495 e. The van der Waals surface area contributed by atoms with E-state index < -0.39 is 0 Å². The highest BCUT2D eigenvalue weighted by Crippen LogP contribution is 2.35. The van der Waals surface area contributed by atoms with E-state index in [9.17, 15) is 0 Å². The fourth-order valence-electron chi connectivity index (χ4n) is 1.57. The van der Waals surface area contributed by atoms with E-state index >= 15 is 0 Å². The van der Waals surface area contributed by atoms with Crippen LogP contribution in [-0.2, 0) is 0 Å². The lowest BCUT2D eigenvalue weighted by Gasteiger charge is -2.12. The van der Waals surface area contributed by atoms with Gasteiger partial charge in [0.1, 0.15) is 16.6 Å². The first kappa shape index (κ1) is 15.2. The summed E-state index contributed by atoms with van der Waals surface area (Å²) in [5.74, 6) is 1.38. The van der Waals surface area contributed by atoms with Gasteiger partial charge in [-0.25, -0.2) is 4.98 Å². The Kier molecular flexibility index (Phi) is 4.95. The predicted molar refractivity (Wildman–Crippen MR) is 91.8 cm³/mol. The number of aromatic nitrogens is 1. The summed E-state index contributed by atoms with van der Waals surface area (Å²) < 4.78 is 7.02. The maximum absolute atomic E-state index is 5.61. The molecule has 7 heteroatoms.